The number of thioether (sulfide) groups is 1. The quantitative estimate of drug-likeness (QED) is 0.717. The van der Waals surface area contributed by atoms with Crippen molar-refractivity contribution in [3.05, 3.63) is 51.3 Å². The van der Waals surface area contributed by atoms with Gasteiger partial charge in [-0.3, -0.25) is 0 Å². The third-order valence-corrected chi connectivity index (χ3v) is 3.81. The Hall–Kier alpha value is -0.190. The maximum atomic E-state index is 5.42. The second-order valence-electron chi connectivity index (χ2n) is 2.95. The molecular weight excluding hydrogens is 340 g/mol. The van der Waals surface area contributed by atoms with E-state index in [4.69, 9.17) is 4.42 Å². The number of furan rings is 1. The van der Waals surface area contributed by atoms with Gasteiger partial charge in [-0.25, -0.2) is 0 Å². The predicted molar refractivity (Wildman–Crippen MR) is 70.1 cm³/mol. The zero-order chi connectivity index (χ0) is 10.7. The molecule has 78 valence electrons. The highest BCUT2D eigenvalue weighted by atomic mass is 79.9. The van der Waals surface area contributed by atoms with E-state index < -0.39 is 0 Å². The zero-order valence-corrected chi connectivity index (χ0v) is 11.7. The molecule has 0 amide bonds. The molecule has 1 nitrogen and oxygen atoms in total. The van der Waals surface area contributed by atoms with Crippen molar-refractivity contribution in [3.8, 4) is 0 Å². The minimum atomic E-state index is 0.786. The number of hydrogen-bond donors (Lipinski definition) is 0. The first kappa shape index (κ1) is 11.3. The molecular formula is C11H8Br2OS. The molecule has 1 aromatic carbocycles. The molecule has 0 aliphatic heterocycles. The molecule has 0 aliphatic carbocycles. The van der Waals surface area contributed by atoms with Gasteiger partial charge >= 0.3 is 0 Å². The third-order valence-electron chi connectivity index (χ3n) is 1.82. The summed E-state index contributed by atoms with van der Waals surface area (Å²) in [5, 5.41) is 0. The smallest absolute Gasteiger partial charge is 0.169 e. The molecule has 0 spiro atoms. The molecule has 0 bridgehead atoms. The van der Waals surface area contributed by atoms with E-state index in [-0.39, 0.29) is 0 Å². The second kappa shape index (κ2) is 5.23. The summed E-state index contributed by atoms with van der Waals surface area (Å²) in [7, 11) is 0. The van der Waals surface area contributed by atoms with Gasteiger partial charge in [0.25, 0.3) is 0 Å². The Labute approximate surface area is 110 Å². The lowest BCUT2D eigenvalue weighted by molar-refractivity contribution is 0.507. The fourth-order valence-electron chi connectivity index (χ4n) is 1.11. The summed E-state index contributed by atoms with van der Waals surface area (Å²) in [6.07, 6.45) is 0. The molecule has 0 saturated carbocycles. The SMILES string of the molecule is Brc1ccc(SCc2ccc(Br)o2)cc1. The average molecular weight is 348 g/mol. The third kappa shape index (κ3) is 3.40. The van der Waals surface area contributed by atoms with Crippen molar-refractivity contribution in [1.29, 1.82) is 0 Å². The van der Waals surface area contributed by atoms with Crippen LogP contribution in [0.3, 0.4) is 0 Å². The van der Waals surface area contributed by atoms with E-state index >= 15 is 0 Å². The van der Waals surface area contributed by atoms with Crippen molar-refractivity contribution in [2.45, 2.75) is 10.6 Å². The Morgan fingerprint density at radius 2 is 1.73 bits per heavy atom. The van der Waals surface area contributed by atoms with Crippen LogP contribution in [-0.4, -0.2) is 0 Å². The van der Waals surface area contributed by atoms with Crippen LogP contribution in [0.1, 0.15) is 5.76 Å². The number of hydrogen-bond acceptors (Lipinski definition) is 2. The Bertz CT molecular complexity index is 436. The first-order chi connectivity index (χ1) is 7.24. The fraction of sp³-hybridized carbons (Fsp3) is 0.0909. The van der Waals surface area contributed by atoms with Gasteiger partial charge in [-0.1, -0.05) is 15.9 Å². The summed E-state index contributed by atoms with van der Waals surface area (Å²) in [5.74, 6) is 1.84. The van der Waals surface area contributed by atoms with Crippen molar-refractivity contribution < 1.29 is 4.42 Å². The Balaban J connectivity index is 1.96. The summed E-state index contributed by atoms with van der Waals surface area (Å²) < 4.78 is 7.31. The van der Waals surface area contributed by atoms with Crippen LogP contribution in [0.5, 0.6) is 0 Å². The summed E-state index contributed by atoms with van der Waals surface area (Å²) in [6.45, 7) is 0. The largest absolute Gasteiger partial charge is 0.453 e. The van der Waals surface area contributed by atoms with E-state index in [1.165, 1.54) is 4.90 Å². The van der Waals surface area contributed by atoms with Gasteiger partial charge < -0.3 is 4.42 Å². The van der Waals surface area contributed by atoms with Crippen LogP contribution in [-0.2, 0) is 5.75 Å². The minimum absolute atomic E-state index is 0.786. The topological polar surface area (TPSA) is 13.1 Å². The lowest BCUT2D eigenvalue weighted by Gasteiger charge is -1.99. The Kier molecular flexibility index (Phi) is 3.94. The van der Waals surface area contributed by atoms with E-state index in [2.05, 4.69) is 44.0 Å². The van der Waals surface area contributed by atoms with Gasteiger partial charge in [-0.05, 0) is 52.3 Å². The summed E-state index contributed by atoms with van der Waals surface area (Å²) in [6, 6.07) is 12.2. The maximum absolute atomic E-state index is 5.42. The summed E-state index contributed by atoms with van der Waals surface area (Å²) >= 11 is 8.46. The van der Waals surface area contributed by atoms with Crippen molar-refractivity contribution in [2.24, 2.45) is 0 Å². The van der Waals surface area contributed by atoms with Gasteiger partial charge in [0.15, 0.2) is 4.67 Å². The second-order valence-corrected chi connectivity index (χ2v) is 5.69. The fourth-order valence-corrected chi connectivity index (χ4v) is 2.51. The van der Waals surface area contributed by atoms with Crippen LogP contribution < -0.4 is 0 Å². The average Bonchev–Trinajstić information content (AvgIpc) is 2.64. The number of rotatable bonds is 3. The van der Waals surface area contributed by atoms with E-state index in [1.807, 2.05) is 24.3 Å². The van der Waals surface area contributed by atoms with Gasteiger partial charge in [0, 0.05) is 9.37 Å². The van der Waals surface area contributed by atoms with E-state index in [9.17, 15) is 0 Å². The summed E-state index contributed by atoms with van der Waals surface area (Å²) in [4.78, 5) is 1.24. The Morgan fingerprint density at radius 3 is 2.33 bits per heavy atom. The molecule has 1 heterocycles. The molecule has 0 N–H and O–H groups in total. The lowest BCUT2D eigenvalue weighted by atomic mass is 10.4. The molecule has 0 aliphatic rings. The molecule has 2 rings (SSSR count). The van der Waals surface area contributed by atoms with Gasteiger partial charge in [0.05, 0.1) is 5.75 Å². The molecule has 0 unspecified atom stereocenters. The first-order valence-electron chi connectivity index (χ1n) is 4.36. The lowest BCUT2D eigenvalue weighted by Crippen LogP contribution is -1.75. The van der Waals surface area contributed by atoms with Crippen LogP contribution in [0.25, 0.3) is 0 Å². The molecule has 15 heavy (non-hydrogen) atoms. The summed E-state index contributed by atoms with van der Waals surface area (Å²) in [5.41, 5.74) is 0. The van der Waals surface area contributed by atoms with Crippen molar-refractivity contribution in [2.75, 3.05) is 0 Å². The van der Waals surface area contributed by atoms with E-state index in [1.54, 1.807) is 11.8 Å². The van der Waals surface area contributed by atoms with Crippen LogP contribution in [0.4, 0.5) is 0 Å². The van der Waals surface area contributed by atoms with Crippen molar-refractivity contribution in [3.63, 3.8) is 0 Å². The van der Waals surface area contributed by atoms with Gasteiger partial charge in [-0.15, -0.1) is 11.8 Å². The van der Waals surface area contributed by atoms with Gasteiger partial charge in [0.1, 0.15) is 5.76 Å². The van der Waals surface area contributed by atoms with E-state index in [0.29, 0.717) is 0 Å². The van der Waals surface area contributed by atoms with Crippen LogP contribution >= 0.6 is 43.6 Å². The molecule has 1 aromatic heterocycles. The highest BCUT2D eigenvalue weighted by molar-refractivity contribution is 9.10. The standard InChI is InChI=1S/C11H8Br2OS/c12-8-1-4-10(5-2-8)15-7-9-3-6-11(13)14-9/h1-6H,7H2. The van der Waals surface area contributed by atoms with Gasteiger partial charge in [0.2, 0.25) is 0 Å². The maximum Gasteiger partial charge on any atom is 0.169 e. The number of halogens is 2. The van der Waals surface area contributed by atoms with E-state index in [0.717, 1.165) is 20.7 Å². The minimum Gasteiger partial charge on any atom is -0.453 e. The highest BCUT2D eigenvalue weighted by Gasteiger charge is 2.00. The highest BCUT2D eigenvalue weighted by Crippen LogP contribution is 2.26. The Morgan fingerprint density at radius 1 is 1.00 bits per heavy atom. The molecule has 0 atom stereocenters. The first-order valence-corrected chi connectivity index (χ1v) is 6.94. The monoisotopic (exact) mass is 346 g/mol. The number of benzene rings is 1. The molecule has 2 aromatic rings. The van der Waals surface area contributed by atoms with Crippen LogP contribution in [0, 0.1) is 0 Å². The van der Waals surface area contributed by atoms with Crippen LogP contribution in [0.15, 0.2) is 54.9 Å². The molecule has 4 heteroatoms. The van der Waals surface area contributed by atoms with Crippen molar-refractivity contribution >= 4 is 43.6 Å². The normalized spacial score (nSPS) is 10.5. The molecule has 0 radical (unpaired) electrons. The predicted octanol–water partition coefficient (Wildman–Crippen LogP) is 5.10. The molecule has 0 fully saturated rings. The van der Waals surface area contributed by atoms with Gasteiger partial charge in [-0.2, -0.15) is 0 Å². The van der Waals surface area contributed by atoms with Crippen molar-refractivity contribution in [1.82, 2.24) is 0 Å². The zero-order valence-electron chi connectivity index (χ0n) is 7.74. The molecule has 0 saturated heterocycles. The van der Waals surface area contributed by atoms with Crippen LogP contribution in [0.2, 0.25) is 0 Å².